The lowest BCUT2D eigenvalue weighted by atomic mass is 10.0. The number of para-hydroxylation sites is 1. The van der Waals surface area contributed by atoms with E-state index in [1.54, 1.807) is 4.90 Å². The fourth-order valence-electron chi connectivity index (χ4n) is 3.88. The molecular formula is C25H26BrN3O3. The average Bonchev–Trinajstić information content (AvgIpc) is 3.61. The van der Waals surface area contributed by atoms with Crippen LogP contribution in [0.5, 0.6) is 0 Å². The van der Waals surface area contributed by atoms with Crippen LogP contribution in [0.3, 0.4) is 0 Å². The molecule has 1 aliphatic heterocycles. The second-order valence-electron chi connectivity index (χ2n) is 8.56. The summed E-state index contributed by atoms with van der Waals surface area (Å²) in [6.07, 6.45) is 1.60. The zero-order valence-electron chi connectivity index (χ0n) is 18.4. The molecule has 166 valence electrons. The Balaban J connectivity index is 1.67. The standard InChI is InChI=1S/C25H26BrN3O3/c1-14-7-8-17(11-16(14)3)13-29-21(30)12-20(25(32)28-27-24(31)18-9-10-18)22(26)19-6-4-5-15(2)23(19)29/h4-8,11,18H,9-10,12-13H2,1-3H3,(H,27,31)(H,28,32). The molecule has 0 unspecified atom stereocenters. The number of carbonyl (C=O) groups excluding carboxylic acids is 3. The van der Waals surface area contributed by atoms with E-state index in [0.717, 1.165) is 35.2 Å². The number of anilines is 1. The molecule has 32 heavy (non-hydrogen) atoms. The Morgan fingerprint density at radius 2 is 1.78 bits per heavy atom. The van der Waals surface area contributed by atoms with Gasteiger partial charge in [0.05, 0.1) is 18.7 Å². The Kier molecular flexibility index (Phi) is 6.20. The summed E-state index contributed by atoms with van der Waals surface area (Å²) in [6.45, 7) is 6.48. The highest BCUT2D eigenvalue weighted by molar-refractivity contribution is 9.15. The highest BCUT2D eigenvalue weighted by Gasteiger charge is 2.33. The van der Waals surface area contributed by atoms with Crippen LogP contribution in [-0.2, 0) is 20.9 Å². The second kappa shape index (κ2) is 8.90. The number of aryl methyl sites for hydroxylation is 3. The number of hydrogen-bond donors (Lipinski definition) is 2. The van der Waals surface area contributed by atoms with Crippen molar-refractivity contribution in [3.8, 4) is 0 Å². The fourth-order valence-corrected chi connectivity index (χ4v) is 4.52. The molecule has 0 atom stereocenters. The number of benzene rings is 2. The van der Waals surface area contributed by atoms with E-state index >= 15 is 0 Å². The highest BCUT2D eigenvalue weighted by atomic mass is 79.9. The van der Waals surface area contributed by atoms with Crippen molar-refractivity contribution >= 4 is 43.8 Å². The largest absolute Gasteiger partial charge is 0.307 e. The first-order valence-corrected chi connectivity index (χ1v) is 11.5. The van der Waals surface area contributed by atoms with Gasteiger partial charge in [-0.05, 0) is 71.8 Å². The monoisotopic (exact) mass is 495 g/mol. The van der Waals surface area contributed by atoms with Gasteiger partial charge in [-0.3, -0.25) is 25.2 Å². The molecule has 2 aliphatic rings. The van der Waals surface area contributed by atoms with Crippen molar-refractivity contribution < 1.29 is 14.4 Å². The Morgan fingerprint density at radius 1 is 1.03 bits per heavy atom. The summed E-state index contributed by atoms with van der Waals surface area (Å²) in [4.78, 5) is 40.0. The molecule has 1 fully saturated rings. The van der Waals surface area contributed by atoms with Gasteiger partial charge in [-0.1, -0.05) is 36.4 Å². The van der Waals surface area contributed by atoms with Crippen molar-refractivity contribution in [2.24, 2.45) is 5.92 Å². The van der Waals surface area contributed by atoms with Crippen LogP contribution in [0.4, 0.5) is 5.69 Å². The number of nitrogens with zero attached hydrogens (tertiary/aromatic N) is 1. The van der Waals surface area contributed by atoms with E-state index in [1.165, 1.54) is 11.1 Å². The zero-order chi connectivity index (χ0) is 23.0. The molecule has 0 saturated heterocycles. The van der Waals surface area contributed by atoms with Gasteiger partial charge >= 0.3 is 0 Å². The van der Waals surface area contributed by atoms with Crippen LogP contribution >= 0.6 is 15.9 Å². The third kappa shape index (κ3) is 4.48. The first-order chi connectivity index (χ1) is 15.3. The molecule has 0 bridgehead atoms. The van der Waals surface area contributed by atoms with E-state index in [4.69, 9.17) is 0 Å². The Morgan fingerprint density at radius 3 is 2.47 bits per heavy atom. The van der Waals surface area contributed by atoms with E-state index in [-0.39, 0.29) is 24.2 Å². The minimum absolute atomic E-state index is 0.0275. The van der Waals surface area contributed by atoms with Crippen molar-refractivity contribution in [3.63, 3.8) is 0 Å². The number of hydrogen-bond acceptors (Lipinski definition) is 3. The van der Waals surface area contributed by atoms with Crippen LogP contribution in [0.25, 0.3) is 4.48 Å². The van der Waals surface area contributed by atoms with Crippen LogP contribution in [-0.4, -0.2) is 17.7 Å². The predicted molar refractivity (Wildman–Crippen MR) is 128 cm³/mol. The molecule has 1 aliphatic carbocycles. The van der Waals surface area contributed by atoms with Gasteiger partial charge in [-0.25, -0.2) is 0 Å². The predicted octanol–water partition coefficient (Wildman–Crippen LogP) is 4.21. The van der Waals surface area contributed by atoms with E-state index in [9.17, 15) is 14.4 Å². The molecule has 3 amide bonds. The fraction of sp³-hybridized carbons (Fsp3) is 0.320. The molecule has 7 heteroatoms. The van der Waals surface area contributed by atoms with E-state index < -0.39 is 5.91 Å². The summed E-state index contributed by atoms with van der Waals surface area (Å²) in [5.41, 5.74) is 11.1. The summed E-state index contributed by atoms with van der Waals surface area (Å²) in [7, 11) is 0. The van der Waals surface area contributed by atoms with Crippen molar-refractivity contribution in [1.29, 1.82) is 0 Å². The molecule has 0 aromatic heterocycles. The molecule has 1 saturated carbocycles. The van der Waals surface area contributed by atoms with Crippen LogP contribution in [0, 0.1) is 26.7 Å². The Labute approximate surface area is 196 Å². The molecule has 1 heterocycles. The normalized spacial score (nSPS) is 15.9. The van der Waals surface area contributed by atoms with Crippen molar-refractivity contribution in [2.45, 2.75) is 46.6 Å². The maximum Gasteiger partial charge on any atom is 0.267 e. The van der Waals surface area contributed by atoms with Gasteiger partial charge in [0.2, 0.25) is 11.8 Å². The molecule has 2 aromatic carbocycles. The van der Waals surface area contributed by atoms with Gasteiger partial charge in [0.15, 0.2) is 0 Å². The van der Waals surface area contributed by atoms with E-state index in [2.05, 4.69) is 52.8 Å². The molecule has 2 aromatic rings. The topological polar surface area (TPSA) is 78.5 Å². The van der Waals surface area contributed by atoms with Crippen molar-refractivity contribution in [2.75, 3.05) is 4.90 Å². The molecule has 0 spiro atoms. The third-order valence-corrected chi connectivity index (χ3v) is 6.98. The highest BCUT2D eigenvalue weighted by Crippen LogP contribution is 2.40. The number of carbonyl (C=O) groups is 3. The molecule has 4 rings (SSSR count). The average molecular weight is 496 g/mol. The molecule has 0 radical (unpaired) electrons. The summed E-state index contributed by atoms with van der Waals surface area (Å²) in [5.74, 6) is -0.880. The van der Waals surface area contributed by atoms with Crippen LogP contribution in [0.2, 0.25) is 0 Å². The maximum absolute atomic E-state index is 13.4. The van der Waals surface area contributed by atoms with Crippen molar-refractivity contribution in [1.82, 2.24) is 10.9 Å². The Bertz CT molecular complexity index is 1150. The van der Waals surface area contributed by atoms with Gasteiger partial charge in [-0.15, -0.1) is 0 Å². The van der Waals surface area contributed by atoms with Gasteiger partial charge in [-0.2, -0.15) is 0 Å². The lowest BCUT2D eigenvalue weighted by Gasteiger charge is -2.25. The number of hydrazine groups is 1. The first kappa shape index (κ1) is 22.3. The smallest absolute Gasteiger partial charge is 0.267 e. The van der Waals surface area contributed by atoms with Crippen LogP contribution < -0.4 is 15.8 Å². The second-order valence-corrected chi connectivity index (χ2v) is 9.35. The third-order valence-electron chi connectivity index (χ3n) is 6.07. The summed E-state index contributed by atoms with van der Waals surface area (Å²) >= 11 is 3.58. The number of rotatable bonds is 4. The number of amides is 3. The summed E-state index contributed by atoms with van der Waals surface area (Å²) < 4.78 is 0.560. The van der Waals surface area contributed by atoms with Crippen LogP contribution in [0.15, 0.2) is 42.0 Å². The quantitative estimate of drug-likeness (QED) is 0.623. The van der Waals surface area contributed by atoms with Gasteiger partial charge < -0.3 is 4.90 Å². The van der Waals surface area contributed by atoms with E-state index in [0.29, 0.717) is 16.6 Å². The van der Waals surface area contributed by atoms with Gasteiger partial charge in [0.1, 0.15) is 0 Å². The lowest BCUT2D eigenvalue weighted by Crippen LogP contribution is -2.43. The number of halogens is 1. The molecular weight excluding hydrogens is 470 g/mol. The molecule has 2 N–H and O–H groups in total. The number of fused-ring (bicyclic) bond motifs is 1. The zero-order valence-corrected chi connectivity index (χ0v) is 20.0. The SMILES string of the molecule is Cc1ccc(CN2C(=O)CC(C(=O)NNC(=O)C3CC3)=C(Br)c3cccc(C)c32)cc1C. The summed E-state index contributed by atoms with van der Waals surface area (Å²) in [6, 6.07) is 11.9. The van der Waals surface area contributed by atoms with Crippen molar-refractivity contribution in [3.05, 3.63) is 69.8 Å². The minimum atomic E-state index is -0.486. The van der Waals surface area contributed by atoms with Gasteiger partial charge in [0.25, 0.3) is 5.91 Å². The summed E-state index contributed by atoms with van der Waals surface area (Å²) in [5, 5.41) is 0. The number of nitrogens with one attached hydrogen (secondary N) is 2. The molecule has 6 nitrogen and oxygen atoms in total. The van der Waals surface area contributed by atoms with Crippen LogP contribution in [0.1, 0.15) is 47.1 Å². The Hall–Kier alpha value is -2.93. The lowest BCUT2D eigenvalue weighted by molar-refractivity contribution is -0.128. The minimum Gasteiger partial charge on any atom is -0.307 e. The maximum atomic E-state index is 13.4. The van der Waals surface area contributed by atoms with Gasteiger partial charge in [0, 0.05) is 21.5 Å². The van der Waals surface area contributed by atoms with E-state index in [1.807, 2.05) is 31.2 Å². The first-order valence-electron chi connectivity index (χ1n) is 10.7.